The van der Waals surface area contributed by atoms with Crippen molar-refractivity contribution in [1.82, 2.24) is 0 Å². The first-order valence-electron chi connectivity index (χ1n) is 5.23. The van der Waals surface area contributed by atoms with Gasteiger partial charge in [-0.1, -0.05) is 25.0 Å². The maximum Gasteiger partial charge on any atom is 0.0716 e. The minimum Gasteiger partial charge on any atom is -0.396 e. The monoisotopic (exact) mass is 198 g/mol. The predicted molar refractivity (Wildman–Crippen MR) is 60.1 cm³/mol. The van der Waals surface area contributed by atoms with Crippen molar-refractivity contribution >= 4 is 0 Å². The lowest BCUT2D eigenvalue weighted by atomic mass is 9.89. The predicted octanol–water partition coefficient (Wildman–Crippen LogP) is 2.42. The Labute approximate surface area is 87.0 Å². The van der Waals surface area contributed by atoms with Crippen LogP contribution in [0.5, 0.6) is 0 Å². The summed E-state index contributed by atoms with van der Waals surface area (Å²) >= 11 is 0. The summed E-state index contributed by atoms with van der Waals surface area (Å²) in [5, 5.41) is 18.7. The van der Waals surface area contributed by atoms with Crippen molar-refractivity contribution in [1.29, 1.82) is 0 Å². The summed E-state index contributed by atoms with van der Waals surface area (Å²) in [6, 6.07) is 0. The topological polar surface area (TPSA) is 40.5 Å². The molecule has 0 atom stereocenters. The molecular weight excluding hydrogens is 176 g/mol. The second-order valence-electron chi connectivity index (χ2n) is 3.74. The normalized spacial score (nSPS) is 11.3. The molecule has 0 spiro atoms. The van der Waals surface area contributed by atoms with Gasteiger partial charge in [0.2, 0.25) is 0 Å². The van der Waals surface area contributed by atoms with Gasteiger partial charge < -0.3 is 10.2 Å². The number of aliphatic hydroxyl groups is 2. The van der Waals surface area contributed by atoms with Gasteiger partial charge in [-0.3, -0.25) is 0 Å². The molecule has 2 N–H and O–H groups in total. The van der Waals surface area contributed by atoms with Crippen LogP contribution in [0.3, 0.4) is 0 Å². The van der Waals surface area contributed by atoms with Gasteiger partial charge in [0, 0.05) is 6.61 Å². The third-order valence-electron chi connectivity index (χ3n) is 2.35. The van der Waals surface area contributed by atoms with E-state index < -0.39 is 5.60 Å². The summed E-state index contributed by atoms with van der Waals surface area (Å²) < 4.78 is 0. The number of unbranched alkanes of at least 4 members (excludes halogenated alkanes) is 2. The Morgan fingerprint density at radius 1 is 1.00 bits per heavy atom. The van der Waals surface area contributed by atoms with Crippen LogP contribution in [0.1, 0.15) is 38.5 Å². The molecule has 0 unspecified atom stereocenters. The van der Waals surface area contributed by atoms with Gasteiger partial charge in [-0.25, -0.2) is 0 Å². The Balaban J connectivity index is 3.82. The Hall–Kier alpha value is -0.600. The van der Waals surface area contributed by atoms with E-state index in [4.69, 9.17) is 5.11 Å². The Morgan fingerprint density at radius 3 is 2.00 bits per heavy atom. The van der Waals surface area contributed by atoms with Gasteiger partial charge >= 0.3 is 0 Å². The minimum absolute atomic E-state index is 0.237. The molecule has 14 heavy (non-hydrogen) atoms. The fourth-order valence-corrected chi connectivity index (χ4v) is 1.57. The molecule has 2 heteroatoms. The molecule has 0 amide bonds. The fraction of sp³-hybridized carbons (Fsp3) is 0.667. The molecular formula is C12H22O2. The zero-order valence-electron chi connectivity index (χ0n) is 8.91. The minimum atomic E-state index is -0.668. The van der Waals surface area contributed by atoms with Crippen molar-refractivity contribution in [2.24, 2.45) is 0 Å². The molecule has 0 heterocycles. The van der Waals surface area contributed by atoms with E-state index in [0.717, 1.165) is 25.7 Å². The Morgan fingerprint density at radius 2 is 1.57 bits per heavy atom. The van der Waals surface area contributed by atoms with Crippen LogP contribution in [0.25, 0.3) is 0 Å². The molecule has 0 aromatic rings. The molecule has 0 radical (unpaired) electrons. The van der Waals surface area contributed by atoms with E-state index in [2.05, 4.69) is 13.2 Å². The smallest absolute Gasteiger partial charge is 0.0716 e. The van der Waals surface area contributed by atoms with E-state index >= 15 is 0 Å². The second kappa shape index (κ2) is 7.77. The van der Waals surface area contributed by atoms with E-state index in [1.165, 1.54) is 0 Å². The van der Waals surface area contributed by atoms with Gasteiger partial charge in [-0.2, -0.15) is 0 Å². The van der Waals surface area contributed by atoms with Crippen LogP contribution >= 0.6 is 0 Å². The number of hydrogen-bond acceptors (Lipinski definition) is 2. The van der Waals surface area contributed by atoms with Gasteiger partial charge in [-0.05, 0) is 25.7 Å². The third kappa shape index (κ3) is 5.95. The molecule has 0 aromatic carbocycles. The summed E-state index contributed by atoms with van der Waals surface area (Å²) in [6.45, 7) is 7.51. The molecule has 0 bridgehead atoms. The summed E-state index contributed by atoms with van der Waals surface area (Å²) in [4.78, 5) is 0. The zero-order chi connectivity index (χ0) is 10.9. The lowest BCUT2D eigenvalue weighted by Gasteiger charge is -2.25. The van der Waals surface area contributed by atoms with Gasteiger partial charge in [-0.15, -0.1) is 13.2 Å². The highest BCUT2D eigenvalue weighted by molar-refractivity contribution is 4.91. The Bertz CT molecular complexity index is 154. The lowest BCUT2D eigenvalue weighted by molar-refractivity contribution is 0.0344. The van der Waals surface area contributed by atoms with Crippen LogP contribution in [-0.4, -0.2) is 22.4 Å². The summed E-state index contributed by atoms with van der Waals surface area (Å²) in [6.07, 6.45) is 8.19. The van der Waals surface area contributed by atoms with Crippen LogP contribution in [0, 0.1) is 0 Å². The van der Waals surface area contributed by atoms with Gasteiger partial charge in [0.1, 0.15) is 0 Å². The maximum absolute atomic E-state index is 10.1. The van der Waals surface area contributed by atoms with E-state index in [1.807, 2.05) is 0 Å². The van der Waals surface area contributed by atoms with Crippen molar-refractivity contribution in [2.75, 3.05) is 6.61 Å². The average molecular weight is 198 g/mol. The molecule has 0 saturated carbocycles. The molecule has 0 aromatic heterocycles. The van der Waals surface area contributed by atoms with Crippen LogP contribution in [0.15, 0.2) is 25.3 Å². The molecule has 0 aliphatic carbocycles. The SMILES string of the molecule is C=CCC(O)(CC=C)CCCCCO. The van der Waals surface area contributed by atoms with E-state index in [9.17, 15) is 5.11 Å². The Kier molecular flexibility index (Phi) is 7.44. The first-order chi connectivity index (χ1) is 6.68. The largest absolute Gasteiger partial charge is 0.396 e. The molecule has 0 fully saturated rings. The van der Waals surface area contributed by atoms with Crippen molar-refractivity contribution in [3.63, 3.8) is 0 Å². The summed E-state index contributed by atoms with van der Waals surface area (Å²) in [5.41, 5.74) is -0.668. The highest BCUT2D eigenvalue weighted by Crippen LogP contribution is 2.23. The van der Waals surface area contributed by atoms with E-state index in [1.54, 1.807) is 12.2 Å². The zero-order valence-corrected chi connectivity index (χ0v) is 8.91. The lowest BCUT2D eigenvalue weighted by Crippen LogP contribution is -2.26. The molecule has 0 aliphatic rings. The van der Waals surface area contributed by atoms with Crippen molar-refractivity contribution in [3.8, 4) is 0 Å². The van der Waals surface area contributed by atoms with Crippen molar-refractivity contribution in [3.05, 3.63) is 25.3 Å². The fourth-order valence-electron chi connectivity index (χ4n) is 1.57. The molecule has 0 saturated heterocycles. The van der Waals surface area contributed by atoms with E-state index in [-0.39, 0.29) is 6.61 Å². The van der Waals surface area contributed by atoms with Crippen LogP contribution in [-0.2, 0) is 0 Å². The maximum atomic E-state index is 10.1. The third-order valence-corrected chi connectivity index (χ3v) is 2.35. The second-order valence-corrected chi connectivity index (χ2v) is 3.74. The number of hydrogen-bond donors (Lipinski definition) is 2. The van der Waals surface area contributed by atoms with Crippen molar-refractivity contribution in [2.45, 2.75) is 44.1 Å². The van der Waals surface area contributed by atoms with Crippen LogP contribution in [0.4, 0.5) is 0 Å². The van der Waals surface area contributed by atoms with Crippen LogP contribution in [0.2, 0.25) is 0 Å². The van der Waals surface area contributed by atoms with Gasteiger partial charge in [0.05, 0.1) is 5.60 Å². The standard InChI is InChI=1S/C12H22O2/c1-3-8-12(14,9-4-2)10-6-5-7-11-13/h3-4,13-14H,1-2,5-11H2. The number of aliphatic hydroxyl groups excluding tert-OH is 1. The summed E-state index contributed by atoms with van der Waals surface area (Å²) in [7, 11) is 0. The molecule has 2 nitrogen and oxygen atoms in total. The van der Waals surface area contributed by atoms with Crippen LogP contribution < -0.4 is 0 Å². The first kappa shape index (κ1) is 13.4. The van der Waals surface area contributed by atoms with E-state index in [0.29, 0.717) is 12.8 Å². The van der Waals surface area contributed by atoms with Gasteiger partial charge in [0.25, 0.3) is 0 Å². The number of rotatable bonds is 9. The van der Waals surface area contributed by atoms with Gasteiger partial charge in [0.15, 0.2) is 0 Å². The first-order valence-corrected chi connectivity index (χ1v) is 5.23. The highest BCUT2D eigenvalue weighted by atomic mass is 16.3. The highest BCUT2D eigenvalue weighted by Gasteiger charge is 2.22. The summed E-state index contributed by atoms with van der Waals surface area (Å²) in [5.74, 6) is 0. The quantitative estimate of drug-likeness (QED) is 0.441. The average Bonchev–Trinajstić information content (AvgIpc) is 2.13. The van der Waals surface area contributed by atoms with Crippen molar-refractivity contribution < 1.29 is 10.2 Å². The molecule has 82 valence electrons. The molecule has 0 rings (SSSR count). The molecule has 0 aliphatic heterocycles.